The first-order valence-corrected chi connectivity index (χ1v) is 9.80. The van der Waals surface area contributed by atoms with Gasteiger partial charge in [0.1, 0.15) is 5.69 Å². The number of nitrogens with zero attached hydrogens (tertiary/aromatic N) is 2. The largest absolute Gasteiger partial charge is 0.289 e. The van der Waals surface area contributed by atoms with Crippen molar-refractivity contribution in [2.75, 3.05) is 0 Å². The van der Waals surface area contributed by atoms with Gasteiger partial charge in [0.15, 0.2) is 0 Å². The zero-order valence-electron chi connectivity index (χ0n) is 16.3. The molecule has 1 aromatic heterocycles. The van der Waals surface area contributed by atoms with Gasteiger partial charge in [0.2, 0.25) is 0 Å². The summed E-state index contributed by atoms with van der Waals surface area (Å²) >= 11 is 6.19. The summed E-state index contributed by atoms with van der Waals surface area (Å²) < 4.78 is 0. The van der Waals surface area contributed by atoms with Crippen molar-refractivity contribution in [3.63, 3.8) is 0 Å². The van der Waals surface area contributed by atoms with Crippen LogP contribution in [0, 0.1) is 0 Å². The molecule has 6 heteroatoms. The molecule has 2 N–H and O–H groups in total. The fourth-order valence-electron chi connectivity index (χ4n) is 3.04. The fraction of sp³-hybridized carbons (Fsp3) is 0.0417. The molecular weight excluding hydrogens is 396 g/mol. The first-order chi connectivity index (χ1) is 14.6. The van der Waals surface area contributed by atoms with Crippen molar-refractivity contribution in [1.29, 1.82) is 0 Å². The Morgan fingerprint density at radius 1 is 0.933 bits per heavy atom. The SMILES string of the molecule is CC(=NNC(=O)c1cc(-c2ccccc2Cl)n[nH]1)c1ccc(-c2ccccc2)cc1. The minimum atomic E-state index is -0.374. The van der Waals surface area contributed by atoms with Crippen molar-refractivity contribution in [1.82, 2.24) is 15.6 Å². The number of hydrazone groups is 1. The summed E-state index contributed by atoms with van der Waals surface area (Å²) in [5, 5.41) is 11.7. The van der Waals surface area contributed by atoms with Crippen LogP contribution in [0.5, 0.6) is 0 Å². The number of aromatic amines is 1. The zero-order valence-corrected chi connectivity index (χ0v) is 17.0. The highest BCUT2D eigenvalue weighted by atomic mass is 35.5. The van der Waals surface area contributed by atoms with Crippen LogP contribution < -0.4 is 5.43 Å². The number of amides is 1. The maximum absolute atomic E-state index is 12.4. The van der Waals surface area contributed by atoms with Crippen molar-refractivity contribution in [2.45, 2.75) is 6.92 Å². The monoisotopic (exact) mass is 414 g/mol. The first kappa shape index (κ1) is 19.6. The average Bonchev–Trinajstić information content (AvgIpc) is 3.28. The van der Waals surface area contributed by atoms with Gasteiger partial charge in [-0.1, -0.05) is 84.4 Å². The number of hydrogen-bond acceptors (Lipinski definition) is 3. The van der Waals surface area contributed by atoms with E-state index in [2.05, 4.69) is 32.9 Å². The van der Waals surface area contributed by atoms with Crippen molar-refractivity contribution < 1.29 is 4.79 Å². The van der Waals surface area contributed by atoms with Gasteiger partial charge in [0.25, 0.3) is 5.91 Å². The molecule has 0 aliphatic rings. The Labute approximate surface area is 179 Å². The summed E-state index contributed by atoms with van der Waals surface area (Å²) in [5.41, 5.74) is 8.14. The summed E-state index contributed by atoms with van der Waals surface area (Å²) in [5.74, 6) is -0.374. The number of nitrogens with one attached hydrogen (secondary N) is 2. The van der Waals surface area contributed by atoms with E-state index in [-0.39, 0.29) is 5.91 Å². The molecule has 4 aromatic rings. The highest BCUT2D eigenvalue weighted by molar-refractivity contribution is 6.33. The Hall–Kier alpha value is -3.70. The van der Waals surface area contributed by atoms with E-state index in [1.165, 1.54) is 0 Å². The standard InChI is InChI=1S/C24H19ClN4O/c1-16(17-11-13-19(14-12-17)18-7-3-2-4-8-18)26-29-24(30)23-15-22(27-28-23)20-9-5-6-10-21(20)25/h2-15H,1H3,(H,27,28)(H,29,30). The molecule has 0 aliphatic heterocycles. The fourth-order valence-corrected chi connectivity index (χ4v) is 3.27. The van der Waals surface area contributed by atoms with E-state index in [0.717, 1.165) is 22.3 Å². The van der Waals surface area contributed by atoms with Crippen LogP contribution in [-0.2, 0) is 0 Å². The maximum atomic E-state index is 12.4. The second-order valence-corrected chi connectivity index (χ2v) is 7.14. The third-order valence-corrected chi connectivity index (χ3v) is 5.04. The normalized spacial score (nSPS) is 11.3. The molecule has 148 valence electrons. The van der Waals surface area contributed by atoms with E-state index in [1.807, 2.05) is 67.6 Å². The predicted molar refractivity (Wildman–Crippen MR) is 121 cm³/mol. The molecule has 0 spiro atoms. The van der Waals surface area contributed by atoms with Crippen molar-refractivity contribution in [2.24, 2.45) is 5.10 Å². The zero-order chi connectivity index (χ0) is 20.9. The van der Waals surface area contributed by atoms with Gasteiger partial charge in [0, 0.05) is 5.56 Å². The van der Waals surface area contributed by atoms with Crippen LogP contribution in [0.15, 0.2) is 90.0 Å². The number of rotatable bonds is 5. The predicted octanol–water partition coefficient (Wildman–Crippen LogP) is 5.55. The molecular formula is C24H19ClN4O. The lowest BCUT2D eigenvalue weighted by molar-refractivity contribution is 0.0950. The lowest BCUT2D eigenvalue weighted by Crippen LogP contribution is -2.19. The molecule has 0 bridgehead atoms. The van der Waals surface area contributed by atoms with E-state index in [0.29, 0.717) is 22.1 Å². The van der Waals surface area contributed by atoms with Crippen LogP contribution in [0.4, 0.5) is 0 Å². The van der Waals surface area contributed by atoms with Crippen molar-refractivity contribution >= 4 is 23.2 Å². The molecule has 0 saturated carbocycles. The van der Waals surface area contributed by atoms with Crippen LogP contribution in [-0.4, -0.2) is 21.8 Å². The molecule has 30 heavy (non-hydrogen) atoms. The smallest absolute Gasteiger partial charge is 0.272 e. The van der Waals surface area contributed by atoms with E-state index in [9.17, 15) is 4.79 Å². The van der Waals surface area contributed by atoms with Gasteiger partial charge in [-0.15, -0.1) is 0 Å². The Kier molecular flexibility index (Phi) is 5.72. The van der Waals surface area contributed by atoms with Crippen LogP contribution >= 0.6 is 11.6 Å². The van der Waals surface area contributed by atoms with Gasteiger partial charge in [-0.2, -0.15) is 10.2 Å². The van der Waals surface area contributed by atoms with Gasteiger partial charge in [0.05, 0.1) is 16.4 Å². The van der Waals surface area contributed by atoms with Gasteiger partial charge < -0.3 is 0 Å². The minimum absolute atomic E-state index is 0.306. The number of aromatic nitrogens is 2. The Morgan fingerprint density at radius 3 is 2.33 bits per heavy atom. The summed E-state index contributed by atoms with van der Waals surface area (Å²) in [6.07, 6.45) is 0. The third kappa shape index (κ3) is 4.31. The average molecular weight is 415 g/mol. The molecule has 0 saturated heterocycles. The van der Waals surface area contributed by atoms with Crippen LogP contribution in [0.1, 0.15) is 23.0 Å². The molecule has 1 heterocycles. The Balaban J connectivity index is 1.45. The highest BCUT2D eigenvalue weighted by Crippen LogP contribution is 2.26. The molecule has 0 fully saturated rings. The van der Waals surface area contributed by atoms with Crippen LogP contribution in [0.3, 0.4) is 0 Å². The molecule has 0 aliphatic carbocycles. The molecule has 4 rings (SSSR count). The van der Waals surface area contributed by atoms with Crippen LogP contribution in [0.2, 0.25) is 5.02 Å². The molecule has 0 unspecified atom stereocenters. The highest BCUT2D eigenvalue weighted by Gasteiger charge is 2.12. The minimum Gasteiger partial charge on any atom is -0.272 e. The number of carbonyl (C=O) groups excluding carboxylic acids is 1. The van der Waals surface area contributed by atoms with E-state index in [1.54, 1.807) is 12.1 Å². The van der Waals surface area contributed by atoms with Gasteiger partial charge >= 0.3 is 0 Å². The summed E-state index contributed by atoms with van der Waals surface area (Å²) in [6.45, 7) is 1.85. The lowest BCUT2D eigenvalue weighted by atomic mass is 10.0. The molecule has 5 nitrogen and oxygen atoms in total. The van der Waals surface area contributed by atoms with E-state index >= 15 is 0 Å². The lowest BCUT2D eigenvalue weighted by Gasteiger charge is -2.05. The molecule has 0 radical (unpaired) electrons. The number of halogens is 1. The summed E-state index contributed by atoms with van der Waals surface area (Å²) in [6, 6.07) is 27.2. The topological polar surface area (TPSA) is 70.1 Å². The molecule has 0 atom stereocenters. The number of carbonyl (C=O) groups is 1. The van der Waals surface area contributed by atoms with Crippen molar-refractivity contribution in [3.05, 3.63) is 101 Å². The quantitative estimate of drug-likeness (QED) is 0.332. The van der Waals surface area contributed by atoms with Gasteiger partial charge in [-0.25, -0.2) is 5.43 Å². The second kappa shape index (κ2) is 8.76. The molecule has 3 aromatic carbocycles. The van der Waals surface area contributed by atoms with Crippen molar-refractivity contribution in [3.8, 4) is 22.4 Å². The van der Waals surface area contributed by atoms with Gasteiger partial charge in [-0.05, 0) is 35.7 Å². The second-order valence-electron chi connectivity index (χ2n) is 6.73. The van der Waals surface area contributed by atoms with E-state index < -0.39 is 0 Å². The maximum Gasteiger partial charge on any atom is 0.289 e. The first-order valence-electron chi connectivity index (χ1n) is 9.42. The summed E-state index contributed by atoms with van der Waals surface area (Å²) in [4.78, 5) is 12.4. The Bertz CT molecular complexity index is 1200. The van der Waals surface area contributed by atoms with E-state index in [4.69, 9.17) is 11.6 Å². The van der Waals surface area contributed by atoms with Gasteiger partial charge in [-0.3, -0.25) is 9.89 Å². The summed E-state index contributed by atoms with van der Waals surface area (Å²) in [7, 11) is 0. The number of benzene rings is 3. The molecule has 1 amide bonds. The Morgan fingerprint density at radius 2 is 1.60 bits per heavy atom. The van der Waals surface area contributed by atoms with Crippen LogP contribution in [0.25, 0.3) is 22.4 Å². The number of H-pyrrole nitrogens is 1. The third-order valence-electron chi connectivity index (χ3n) is 4.71. The number of hydrogen-bond donors (Lipinski definition) is 2.